The summed E-state index contributed by atoms with van der Waals surface area (Å²) in [4.78, 5) is 37.2. The summed E-state index contributed by atoms with van der Waals surface area (Å²) < 4.78 is 13.6. The smallest absolute Gasteiger partial charge is 0.282 e. The van der Waals surface area contributed by atoms with Crippen LogP contribution in [0.25, 0.3) is 0 Å². The van der Waals surface area contributed by atoms with Gasteiger partial charge >= 0.3 is 0 Å². The number of para-hydroxylation sites is 1. The second-order valence-corrected chi connectivity index (χ2v) is 7.14. The molecule has 1 aliphatic rings. The number of nitrogens with one attached hydrogen (secondary N) is 1. The molecule has 1 N–H and O–H groups in total. The molecule has 1 heterocycles. The van der Waals surface area contributed by atoms with Gasteiger partial charge in [0.2, 0.25) is 5.91 Å². The molecule has 0 unspecified atom stereocenters. The maximum atomic E-state index is 13.6. The van der Waals surface area contributed by atoms with Gasteiger partial charge in [0.15, 0.2) is 0 Å². The summed E-state index contributed by atoms with van der Waals surface area (Å²) in [5.74, 6) is -1.09. The van der Waals surface area contributed by atoms with Crippen molar-refractivity contribution in [1.82, 2.24) is 10.2 Å². The second-order valence-electron chi connectivity index (χ2n) is 7.14. The zero-order valence-corrected chi connectivity index (χ0v) is 16.1. The predicted molar refractivity (Wildman–Crippen MR) is 105 cm³/mol. The van der Waals surface area contributed by atoms with Crippen molar-refractivity contribution in [3.63, 3.8) is 0 Å². The van der Waals surface area contributed by atoms with E-state index in [1.54, 1.807) is 30.0 Å². The Kier molecular flexibility index (Phi) is 6.21. The van der Waals surface area contributed by atoms with Gasteiger partial charge in [-0.25, -0.2) is 4.39 Å². The number of hydrogen-bond acceptors (Lipinski definition) is 4. The number of rotatable bonds is 5. The number of aryl methyl sites for hydroxylation is 1. The summed E-state index contributed by atoms with van der Waals surface area (Å²) in [5, 5.41) is 14.0. The first-order valence-electron chi connectivity index (χ1n) is 9.42. The molecular weight excluding hydrogens is 377 g/mol. The highest BCUT2D eigenvalue weighted by molar-refractivity contribution is 5.98. The van der Waals surface area contributed by atoms with Crippen LogP contribution in [0.3, 0.4) is 0 Å². The monoisotopic (exact) mass is 399 g/mol. The van der Waals surface area contributed by atoms with E-state index in [4.69, 9.17) is 0 Å². The number of likely N-dealkylation sites (tertiary alicyclic amines) is 1. The Morgan fingerprint density at radius 1 is 1.21 bits per heavy atom. The lowest BCUT2D eigenvalue weighted by Crippen LogP contribution is -2.43. The van der Waals surface area contributed by atoms with E-state index in [2.05, 4.69) is 5.32 Å². The number of carbonyl (C=O) groups is 2. The fourth-order valence-corrected chi connectivity index (χ4v) is 3.41. The van der Waals surface area contributed by atoms with Gasteiger partial charge < -0.3 is 10.2 Å². The molecule has 0 spiro atoms. The molecular formula is C21H22FN3O4. The number of amides is 2. The van der Waals surface area contributed by atoms with Crippen LogP contribution in [-0.4, -0.2) is 34.7 Å². The van der Waals surface area contributed by atoms with Crippen LogP contribution >= 0.6 is 0 Å². The molecule has 152 valence electrons. The van der Waals surface area contributed by atoms with Gasteiger partial charge in [0, 0.05) is 31.6 Å². The summed E-state index contributed by atoms with van der Waals surface area (Å²) in [6.07, 6.45) is 0.945. The van der Waals surface area contributed by atoms with Crippen molar-refractivity contribution in [3.05, 3.63) is 75.1 Å². The third-order valence-corrected chi connectivity index (χ3v) is 5.19. The van der Waals surface area contributed by atoms with Crippen LogP contribution in [0.4, 0.5) is 10.1 Å². The second kappa shape index (κ2) is 8.81. The van der Waals surface area contributed by atoms with Gasteiger partial charge in [-0.2, -0.15) is 0 Å². The summed E-state index contributed by atoms with van der Waals surface area (Å²) >= 11 is 0. The zero-order valence-electron chi connectivity index (χ0n) is 16.1. The molecule has 0 radical (unpaired) electrons. The van der Waals surface area contributed by atoms with Crippen LogP contribution in [0.1, 0.15) is 34.3 Å². The average Bonchev–Trinajstić information content (AvgIpc) is 2.74. The van der Waals surface area contributed by atoms with Crippen molar-refractivity contribution in [1.29, 1.82) is 0 Å². The number of benzene rings is 2. The zero-order chi connectivity index (χ0) is 21.0. The molecule has 0 atom stereocenters. The average molecular weight is 399 g/mol. The molecule has 1 aliphatic heterocycles. The molecule has 7 nitrogen and oxygen atoms in total. The molecule has 1 fully saturated rings. The lowest BCUT2D eigenvalue weighted by Gasteiger charge is -2.31. The van der Waals surface area contributed by atoms with Crippen LogP contribution in [0.15, 0.2) is 42.5 Å². The minimum atomic E-state index is -0.568. The van der Waals surface area contributed by atoms with E-state index in [0.717, 1.165) is 0 Å². The Hall–Kier alpha value is -3.29. The third kappa shape index (κ3) is 4.77. The fourth-order valence-electron chi connectivity index (χ4n) is 3.41. The molecule has 2 aromatic rings. The topological polar surface area (TPSA) is 92.6 Å². The molecule has 0 aromatic heterocycles. The number of nitro groups is 1. The van der Waals surface area contributed by atoms with Crippen molar-refractivity contribution in [2.75, 3.05) is 13.1 Å². The Labute approximate surface area is 167 Å². The molecule has 2 amide bonds. The molecule has 0 bridgehead atoms. The minimum Gasteiger partial charge on any atom is -0.352 e. The molecule has 8 heteroatoms. The van der Waals surface area contributed by atoms with Gasteiger partial charge in [-0.3, -0.25) is 19.7 Å². The van der Waals surface area contributed by atoms with E-state index in [0.29, 0.717) is 37.1 Å². The van der Waals surface area contributed by atoms with Crippen LogP contribution in [-0.2, 0) is 11.3 Å². The number of nitro benzene ring substituents is 1. The highest BCUT2D eigenvalue weighted by Crippen LogP contribution is 2.24. The standard InChI is InChI=1S/C21H22FN3O4/c1-14-6-7-15(12-18(14)22)13-23-20(26)16-8-10-24(11-9-16)21(27)17-4-2-3-5-19(17)25(28)29/h2-7,12,16H,8-11,13H2,1H3,(H,23,26). The van der Waals surface area contributed by atoms with Gasteiger partial charge in [-0.1, -0.05) is 24.3 Å². The fraction of sp³-hybridized carbons (Fsp3) is 0.333. The SMILES string of the molecule is Cc1ccc(CNC(=O)C2CCN(C(=O)c3ccccc3[N+](=O)[O-])CC2)cc1F. The Bertz CT molecular complexity index is 939. The molecule has 0 saturated carbocycles. The largest absolute Gasteiger partial charge is 0.352 e. The maximum Gasteiger partial charge on any atom is 0.282 e. The Balaban J connectivity index is 1.54. The summed E-state index contributed by atoms with van der Waals surface area (Å²) in [7, 11) is 0. The van der Waals surface area contributed by atoms with Crippen LogP contribution in [0.5, 0.6) is 0 Å². The van der Waals surface area contributed by atoms with Crippen molar-refractivity contribution >= 4 is 17.5 Å². The lowest BCUT2D eigenvalue weighted by molar-refractivity contribution is -0.385. The highest BCUT2D eigenvalue weighted by atomic mass is 19.1. The number of carbonyl (C=O) groups excluding carboxylic acids is 2. The molecule has 0 aliphatic carbocycles. The van der Waals surface area contributed by atoms with Crippen LogP contribution in [0, 0.1) is 28.8 Å². The van der Waals surface area contributed by atoms with Gasteiger partial charge in [-0.15, -0.1) is 0 Å². The third-order valence-electron chi connectivity index (χ3n) is 5.19. The number of hydrogen-bond donors (Lipinski definition) is 1. The van der Waals surface area contributed by atoms with E-state index < -0.39 is 10.8 Å². The van der Waals surface area contributed by atoms with E-state index in [1.807, 2.05) is 0 Å². The van der Waals surface area contributed by atoms with E-state index >= 15 is 0 Å². The maximum absolute atomic E-state index is 13.6. The van der Waals surface area contributed by atoms with Crippen molar-refractivity contribution < 1.29 is 18.9 Å². The first-order chi connectivity index (χ1) is 13.9. The van der Waals surface area contributed by atoms with Crippen molar-refractivity contribution in [2.45, 2.75) is 26.3 Å². The molecule has 3 rings (SSSR count). The summed E-state index contributed by atoms with van der Waals surface area (Å²) in [6, 6.07) is 10.7. The normalized spacial score (nSPS) is 14.5. The Morgan fingerprint density at radius 2 is 1.90 bits per heavy atom. The number of nitrogens with zero attached hydrogens (tertiary/aromatic N) is 2. The molecule has 29 heavy (non-hydrogen) atoms. The van der Waals surface area contributed by atoms with Crippen LogP contribution < -0.4 is 5.32 Å². The first kappa shape index (κ1) is 20.4. The number of piperidine rings is 1. The Morgan fingerprint density at radius 3 is 2.55 bits per heavy atom. The van der Waals surface area contributed by atoms with Crippen molar-refractivity contribution in [3.8, 4) is 0 Å². The van der Waals surface area contributed by atoms with Gasteiger partial charge in [0.05, 0.1) is 4.92 Å². The van der Waals surface area contributed by atoms with Gasteiger partial charge in [-0.05, 0) is 43.0 Å². The van der Waals surface area contributed by atoms with Gasteiger partial charge in [0.1, 0.15) is 11.4 Å². The predicted octanol–water partition coefficient (Wildman–Crippen LogP) is 3.21. The highest BCUT2D eigenvalue weighted by Gasteiger charge is 2.30. The summed E-state index contributed by atoms with van der Waals surface area (Å²) in [6.45, 7) is 2.62. The van der Waals surface area contributed by atoms with Crippen LogP contribution in [0.2, 0.25) is 0 Å². The lowest BCUT2D eigenvalue weighted by atomic mass is 9.95. The summed E-state index contributed by atoms with van der Waals surface area (Å²) in [5.41, 5.74) is 1.07. The van der Waals surface area contributed by atoms with E-state index in [9.17, 15) is 24.1 Å². The molecule has 1 saturated heterocycles. The van der Waals surface area contributed by atoms with Gasteiger partial charge in [0.25, 0.3) is 11.6 Å². The van der Waals surface area contributed by atoms with Crippen molar-refractivity contribution in [2.24, 2.45) is 5.92 Å². The van der Waals surface area contributed by atoms with E-state index in [1.165, 1.54) is 24.3 Å². The minimum absolute atomic E-state index is 0.0572. The van der Waals surface area contributed by atoms with E-state index in [-0.39, 0.29) is 35.4 Å². The molecule has 2 aromatic carbocycles. The quantitative estimate of drug-likeness (QED) is 0.617. The number of halogens is 1. The first-order valence-corrected chi connectivity index (χ1v) is 9.42.